The van der Waals surface area contributed by atoms with Crippen LogP contribution in [0.5, 0.6) is 11.5 Å². The Morgan fingerprint density at radius 2 is 1.50 bits per heavy atom. The van der Waals surface area contributed by atoms with Gasteiger partial charge in [0.2, 0.25) is 0 Å². The van der Waals surface area contributed by atoms with Crippen LogP contribution in [0.1, 0.15) is 78.1 Å². The number of hydrogen-bond acceptors (Lipinski definition) is 5. The third-order valence-corrected chi connectivity index (χ3v) is 5.86. The molecular weight excluding hydrogens is 428 g/mol. The Morgan fingerprint density at radius 3 is 2.21 bits per heavy atom. The van der Waals surface area contributed by atoms with Crippen molar-refractivity contribution in [3.8, 4) is 22.6 Å². The number of esters is 1. The molecule has 34 heavy (non-hydrogen) atoms. The molecule has 3 rings (SSSR count). The van der Waals surface area contributed by atoms with Crippen molar-refractivity contribution in [3.63, 3.8) is 0 Å². The van der Waals surface area contributed by atoms with Crippen LogP contribution >= 0.6 is 0 Å². The van der Waals surface area contributed by atoms with Gasteiger partial charge in [0.25, 0.3) is 0 Å². The van der Waals surface area contributed by atoms with E-state index >= 15 is 0 Å². The summed E-state index contributed by atoms with van der Waals surface area (Å²) < 4.78 is 16.9. The number of hydrogen-bond donors (Lipinski definition) is 0. The van der Waals surface area contributed by atoms with E-state index in [1.807, 2.05) is 31.2 Å². The third kappa shape index (κ3) is 7.47. The van der Waals surface area contributed by atoms with Crippen molar-refractivity contribution in [2.45, 2.75) is 78.1 Å². The standard InChI is InChI=1S/C29H36O5/c1-3-5-6-7-8-9-10-11-19-32-23-15-13-22(14-16-23)26-21-33-27-20-24(34-28(30)12-4-2)17-18-25(27)29(26)31/h13-18,20-21H,3-12,19H2,1-2H3. The van der Waals surface area contributed by atoms with Crippen LogP contribution in [0.15, 0.2) is 57.9 Å². The van der Waals surface area contributed by atoms with Crippen LogP contribution < -0.4 is 14.9 Å². The van der Waals surface area contributed by atoms with E-state index in [0.717, 1.165) is 17.7 Å². The van der Waals surface area contributed by atoms with E-state index in [4.69, 9.17) is 13.9 Å². The van der Waals surface area contributed by atoms with E-state index in [1.54, 1.807) is 18.2 Å². The van der Waals surface area contributed by atoms with Crippen LogP contribution in [0.25, 0.3) is 22.1 Å². The van der Waals surface area contributed by atoms with Gasteiger partial charge in [-0.15, -0.1) is 0 Å². The van der Waals surface area contributed by atoms with E-state index in [0.29, 0.717) is 41.7 Å². The van der Waals surface area contributed by atoms with Crippen LogP contribution in [0.3, 0.4) is 0 Å². The number of rotatable bonds is 14. The predicted molar refractivity (Wildman–Crippen MR) is 137 cm³/mol. The maximum Gasteiger partial charge on any atom is 0.311 e. The highest BCUT2D eigenvalue weighted by Crippen LogP contribution is 2.25. The lowest BCUT2D eigenvalue weighted by molar-refractivity contribution is -0.134. The average Bonchev–Trinajstić information content (AvgIpc) is 2.84. The molecule has 0 saturated heterocycles. The summed E-state index contributed by atoms with van der Waals surface area (Å²) in [7, 11) is 0. The summed E-state index contributed by atoms with van der Waals surface area (Å²) in [5, 5.41) is 0.447. The molecule has 0 atom stereocenters. The smallest absolute Gasteiger partial charge is 0.311 e. The number of carbonyl (C=O) groups excluding carboxylic acids is 1. The summed E-state index contributed by atoms with van der Waals surface area (Å²) in [6.07, 6.45) is 12.7. The molecule has 0 unspecified atom stereocenters. The Balaban J connectivity index is 1.55. The van der Waals surface area contributed by atoms with Crippen LogP contribution in [0.4, 0.5) is 0 Å². The molecule has 0 fully saturated rings. The van der Waals surface area contributed by atoms with Crippen LogP contribution in [-0.2, 0) is 4.79 Å². The van der Waals surface area contributed by atoms with E-state index in [-0.39, 0.29) is 11.4 Å². The quantitative estimate of drug-likeness (QED) is 0.139. The molecule has 0 saturated carbocycles. The van der Waals surface area contributed by atoms with Gasteiger partial charge >= 0.3 is 5.97 Å². The van der Waals surface area contributed by atoms with Crippen LogP contribution in [0, 0.1) is 0 Å². The Hall–Kier alpha value is -3.08. The summed E-state index contributed by atoms with van der Waals surface area (Å²) in [6.45, 7) is 4.86. The van der Waals surface area contributed by atoms with E-state index in [2.05, 4.69) is 6.92 Å². The first-order valence-corrected chi connectivity index (χ1v) is 12.6. The molecule has 1 heterocycles. The second-order valence-corrected chi connectivity index (χ2v) is 8.71. The SMILES string of the molecule is CCCCCCCCCCOc1ccc(-c2coc3cc(OC(=O)CCC)ccc3c2=O)cc1. The molecule has 0 bridgehead atoms. The Labute approximate surface area is 202 Å². The van der Waals surface area contributed by atoms with Gasteiger partial charge < -0.3 is 13.9 Å². The molecule has 5 nitrogen and oxygen atoms in total. The molecule has 0 amide bonds. The van der Waals surface area contributed by atoms with Crippen molar-refractivity contribution in [2.24, 2.45) is 0 Å². The Bertz CT molecular complexity index is 1100. The normalized spacial score (nSPS) is 11.0. The van der Waals surface area contributed by atoms with Crippen molar-refractivity contribution >= 4 is 16.9 Å². The lowest BCUT2D eigenvalue weighted by Crippen LogP contribution is -2.08. The van der Waals surface area contributed by atoms with Gasteiger partial charge in [-0.2, -0.15) is 0 Å². The van der Waals surface area contributed by atoms with Crippen molar-refractivity contribution in [1.82, 2.24) is 0 Å². The number of benzene rings is 2. The summed E-state index contributed by atoms with van der Waals surface area (Å²) >= 11 is 0. The van der Waals surface area contributed by atoms with Crippen molar-refractivity contribution in [1.29, 1.82) is 0 Å². The molecule has 1 aromatic heterocycles. The highest BCUT2D eigenvalue weighted by molar-refractivity contribution is 5.83. The summed E-state index contributed by atoms with van der Waals surface area (Å²) in [5.74, 6) is 0.876. The van der Waals surface area contributed by atoms with E-state index < -0.39 is 0 Å². The zero-order valence-electron chi connectivity index (χ0n) is 20.4. The second kappa shape index (κ2) is 13.6. The van der Waals surface area contributed by atoms with Crippen molar-refractivity contribution in [2.75, 3.05) is 6.61 Å². The van der Waals surface area contributed by atoms with Crippen molar-refractivity contribution in [3.05, 3.63) is 59.0 Å². The fraction of sp³-hybridized carbons (Fsp3) is 0.448. The molecule has 182 valence electrons. The lowest BCUT2D eigenvalue weighted by Gasteiger charge is -2.08. The topological polar surface area (TPSA) is 65.7 Å². The molecule has 0 radical (unpaired) electrons. The predicted octanol–water partition coefficient (Wildman–Crippen LogP) is 7.69. The fourth-order valence-electron chi connectivity index (χ4n) is 3.91. The van der Waals surface area contributed by atoms with Gasteiger partial charge in [-0.25, -0.2) is 0 Å². The summed E-state index contributed by atoms with van der Waals surface area (Å²) in [6, 6.07) is 12.4. The minimum absolute atomic E-state index is 0.125. The van der Waals surface area contributed by atoms with Gasteiger partial charge in [-0.3, -0.25) is 9.59 Å². The first-order valence-electron chi connectivity index (χ1n) is 12.6. The zero-order chi connectivity index (χ0) is 24.2. The van der Waals surface area contributed by atoms with Crippen molar-refractivity contribution < 1.29 is 18.7 Å². The van der Waals surface area contributed by atoms with Gasteiger partial charge in [0, 0.05) is 12.5 Å². The summed E-state index contributed by atoms with van der Waals surface area (Å²) in [5.41, 5.74) is 1.52. The van der Waals surface area contributed by atoms with Gasteiger partial charge in [-0.1, -0.05) is 70.9 Å². The highest BCUT2D eigenvalue weighted by Gasteiger charge is 2.12. The van der Waals surface area contributed by atoms with E-state index in [1.165, 1.54) is 51.2 Å². The molecule has 0 aliphatic heterocycles. The molecule has 3 aromatic rings. The van der Waals surface area contributed by atoms with E-state index in [9.17, 15) is 9.59 Å². The first-order chi connectivity index (χ1) is 16.6. The number of ether oxygens (including phenoxy) is 2. The van der Waals surface area contributed by atoms with Crippen LogP contribution in [0.2, 0.25) is 0 Å². The molecular formula is C29H36O5. The minimum atomic E-state index is -0.300. The number of fused-ring (bicyclic) bond motifs is 1. The van der Waals surface area contributed by atoms with Gasteiger partial charge in [0.05, 0.1) is 17.6 Å². The maximum absolute atomic E-state index is 13.0. The Morgan fingerprint density at radius 1 is 0.824 bits per heavy atom. The largest absolute Gasteiger partial charge is 0.494 e. The van der Waals surface area contributed by atoms with Gasteiger partial charge in [-0.05, 0) is 42.7 Å². The number of unbranched alkanes of at least 4 members (excludes halogenated alkanes) is 7. The minimum Gasteiger partial charge on any atom is -0.494 e. The molecule has 0 aliphatic carbocycles. The molecule has 0 N–H and O–H groups in total. The van der Waals surface area contributed by atoms with Gasteiger partial charge in [0.15, 0.2) is 5.43 Å². The maximum atomic E-state index is 13.0. The molecule has 2 aromatic carbocycles. The number of carbonyl (C=O) groups is 1. The molecule has 5 heteroatoms. The fourth-order valence-corrected chi connectivity index (χ4v) is 3.91. The zero-order valence-corrected chi connectivity index (χ0v) is 20.4. The molecule has 0 aliphatic rings. The second-order valence-electron chi connectivity index (χ2n) is 8.71. The average molecular weight is 465 g/mol. The molecule has 0 spiro atoms. The lowest BCUT2D eigenvalue weighted by atomic mass is 10.1. The Kier molecular flexibility index (Phi) is 10.2. The monoisotopic (exact) mass is 464 g/mol. The highest BCUT2D eigenvalue weighted by atomic mass is 16.5. The van der Waals surface area contributed by atoms with Gasteiger partial charge in [0.1, 0.15) is 23.3 Å². The third-order valence-electron chi connectivity index (χ3n) is 5.86. The van der Waals surface area contributed by atoms with Crippen LogP contribution in [-0.4, -0.2) is 12.6 Å². The summed E-state index contributed by atoms with van der Waals surface area (Å²) in [4.78, 5) is 24.7. The first kappa shape index (κ1) is 25.5.